The smallest absolute Gasteiger partial charge is 0.404 e. The third-order valence-electron chi connectivity index (χ3n) is 8.74. The zero-order chi connectivity index (χ0) is 34.2. The first-order valence-electron chi connectivity index (χ1n) is 15.6. The van der Waals surface area contributed by atoms with Gasteiger partial charge in [0.05, 0.1) is 17.3 Å². The Kier molecular flexibility index (Phi) is 8.20. The maximum Gasteiger partial charge on any atom is 0.404 e. The standard InChI is InChI=1S/C35H29F2N7O5/c36-23-7-12-30-41-29(19-42(30)18-23)32(45)40-25-8-10-26(11-9-25)44-33(46)28-15-24(37)17-38-31(28)43(35(44)49)27-6-2-5-22(14-27)21-4-1-3-20(13-21)16-39-34(47)48/h1-7,12-15,17-19,25-26,39H,8-11,16H2,(H,40,45)(H,47,48). The van der Waals surface area contributed by atoms with E-state index < -0.39 is 40.9 Å². The molecule has 248 valence electrons. The first-order chi connectivity index (χ1) is 23.6. The number of rotatable bonds is 7. The third kappa shape index (κ3) is 6.27. The van der Waals surface area contributed by atoms with Crippen LogP contribution in [0.2, 0.25) is 0 Å². The second kappa shape index (κ2) is 12.8. The summed E-state index contributed by atoms with van der Waals surface area (Å²) in [5.41, 5.74) is 1.94. The van der Waals surface area contributed by atoms with Crippen molar-refractivity contribution in [2.75, 3.05) is 0 Å². The highest BCUT2D eigenvalue weighted by Gasteiger charge is 2.28. The second-order valence-corrected chi connectivity index (χ2v) is 11.9. The Bertz CT molecular complexity index is 2380. The summed E-state index contributed by atoms with van der Waals surface area (Å²) in [6.45, 7) is 0.112. The van der Waals surface area contributed by atoms with Crippen molar-refractivity contribution in [1.29, 1.82) is 0 Å². The minimum Gasteiger partial charge on any atom is -0.465 e. The van der Waals surface area contributed by atoms with Crippen LogP contribution in [0.4, 0.5) is 13.6 Å². The zero-order valence-electron chi connectivity index (χ0n) is 25.8. The highest BCUT2D eigenvalue weighted by molar-refractivity contribution is 5.93. The fourth-order valence-electron chi connectivity index (χ4n) is 6.41. The lowest BCUT2D eigenvalue weighted by Crippen LogP contribution is -2.45. The lowest BCUT2D eigenvalue weighted by Gasteiger charge is -2.30. The molecule has 0 spiro atoms. The third-order valence-corrected chi connectivity index (χ3v) is 8.74. The number of pyridine rings is 2. The van der Waals surface area contributed by atoms with Crippen LogP contribution in [0, 0.1) is 11.6 Å². The molecule has 0 aliphatic heterocycles. The Labute approximate surface area is 276 Å². The van der Waals surface area contributed by atoms with Crippen molar-refractivity contribution >= 4 is 28.7 Å². The van der Waals surface area contributed by atoms with Gasteiger partial charge in [-0.05, 0) is 78.8 Å². The Morgan fingerprint density at radius 2 is 1.65 bits per heavy atom. The number of nitrogens with zero attached hydrogens (tertiary/aromatic N) is 5. The van der Waals surface area contributed by atoms with Crippen molar-refractivity contribution in [2.45, 2.75) is 44.3 Å². The molecule has 1 fully saturated rings. The van der Waals surface area contributed by atoms with Crippen LogP contribution in [-0.2, 0) is 6.54 Å². The first kappa shape index (κ1) is 31.4. The molecule has 6 aromatic rings. The molecule has 0 radical (unpaired) electrons. The highest BCUT2D eigenvalue weighted by Crippen LogP contribution is 2.29. The lowest BCUT2D eigenvalue weighted by molar-refractivity contribution is 0.0917. The van der Waals surface area contributed by atoms with Crippen molar-refractivity contribution in [3.05, 3.63) is 129 Å². The largest absolute Gasteiger partial charge is 0.465 e. The van der Waals surface area contributed by atoms with Crippen LogP contribution in [0.25, 0.3) is 33.5 Å². The molecule has 7 rings (SSSR count). The van der Waals surface area contributed by atoms with E-state index in [0.717, 1.165) is 33.5 Å². The number of aromatic nitrogens is 5. The summed E-state index contributed by atoms with van der Waals surface area (Å²) in [6, 6.07) is 17.3. The summed E-state index contributed by atoms with van der Waals surface area (Å²) < 4.78 is 31.9. The molecule has 0 unspecified atom stereocenters. The van der Waals surface area contributed by atoms with E-state index in [9.17, 15) is 28.0 Å². The van der Waals surface area contributed by atoms with Crippen LogP contribution in [0.15, 0.2) is 94.9 Å². The Morgan fingerprint density at radius 1 is 0.898 bits per heavy atom. The molecule has 14 heteroatoms. The number of halogens is 2. The molecule has 4 heterocycles. The number of amides is 2. The van der Waals surface area contributed by atoms with Gasteiger partial charge < -0.3 is 20.1 Å². The number of fused-ring (bicyclic) bond motifs is 2. The van der Waals surface area contributed by atoms with Gasteiger partial charge in [0.2, 0.25) is 0 Å². The van der Waals surface area contributed by atoms with E-state index in [4.69, 9.17) is 5.11 Å². The van der Waals surface area contributed by atoms with Crippen molar-refractivity contribution in [3.63, 3.8) is 0 Å². The molecule has 12 nitrogen and oxygen atoms in total. The van der Waals surface area contributed by atoms with Gasteiger partial charge in [-0.1, -0.05) is 30.3 Å². The number of benzene rings is 2. The Balaban J connectivity index is 1.18. The van der Waals surface area contributed by atoms with E-state index in [1.165, 1.54) is 33.5 Å². The van der Waals surface area contributed by atoms with E-state index in [0.29, 0.717) is 37.0 Å². The summed E-state index contributed by atoms with van der Waals surface area (Å²) in [5.74, 6) is -1.59. The zero-order valence-corrected chi connectivity index (χ0v) is 25.8. The second-order valence-electron chi connectivity index (χ2n) is 11.9. The Hall–Kier alpha value is -6.18. The van der Waals surface area contributed by atoms with Crippen LogP contribution in [0.1, 0.15) is 47.8 Å². The minimum atomic E-state index is -1.14. The number of hydrogen-bond donors (Lipinski definition) is 3. The minimum absolute atomic E-state index is 0.0116. The van der Waals surface area contributed by atoms with Gasteiger partial charge in [0.15, 0.2) is 5.65 Å². The fraction of sp³-hybridized carbons (Fsp3) is 0.200. The Morgan fingerprint density at radius 3 is 2.43 bits per heavy atom. The molecular formula is C35H29F2N7O5. The van der Waals surface area contributed by atoms with Gasteiger partial charge in [0.1, 0.15) is 23.0 Å². The number of carbonyl (C=O) groups excluding carboxylic acids is 1. The van der Waals surface area contributed by atoms with E-state index in [1.54, 1.807) is 30.3 Å². The van der Waals surface area contributed by atoms with Gasteiger partial charge in [-0.25, -0.2) is 32.9 Å². The van der Waals surface area contributed by atoms with Gasteiger partial charge >= 0.3 is 11.8 Å². The first-order valence-corrected chi connectivity index (χ1v) is 15.6. The monoisotopic (exact) mass is 665 g/mol. The molecule has 3 N–H and O–H groups in total. The van der Waals surface area contributed by atoms with Crippen LogP contribution in [0.5, 0.6) is 0 Å². The SMILES string of the molecule is O=C(O)NCc1cccc(-c2cccc(-n3c(=O)n(C4CCC(NC(=O)c5cn6cc(F)ccc6n5)CC4)c(=O)c4cc(F)cnc43)c2)c1. The number of carbonyl (C=O) groups is 2. The van der Waals surface area contributed by atoms with Crippen molar-refractivity contribution in [1.82, 2.24) is 34.1 Å². The van der Waals surface area contributed by atoms with Crippen molar-refractivity contribution in [2.24, 2.45) is 0 Å². The molecule has 0 atom stereocenters. The summed E-state index contributed by atoms with van der Waals surface area (Å²) in [6.07, 6.45) is 4.21. The average molecular weight is 666 g/mol. The quantitative estimate of drug-likeness (QED) is 0.221. The molecule has 0 bridgehead atoms. The van der Waals surface area contributed by atoms with Gasteiger partial charge in [-0.2, -0.15) is 0 Å². The number of nitrogens with one attached hydrogen (secondary N) is 2. The molecule has 2 aromatic carbocycles. The maximum atomic E-state index is 14.5. The molecule has 1 aliphatic rings. The summed E-state index contributed by atoms with van der Waals surface area (Å²) in [4.78, 5) is 60.3. The van der Waals surface area contributed by atoms with E-state index >= 15 is 0 Å². The number of carboxylic acid groups (broad SMARTS) is 1. The normalized spacial score (nSPS) is 16.1. The molecule has 49 heavy (non-hydrogen) atoms. The molecule has 4 aromatic heterocycles. The molecule has 0 saturated heterocycles. The van der Waals surface area contributed by atoms with Gasteiger partial charge in [0.25, 0.3) is 11.5 Å². The summed E-state index contributed by atoms with van der Waals surface area (Å²) >= 11 is 0. The lowest BCUT2D eigenvalue weighted by atomic mass is 9.90. The molecular weight excluding hydrogens is 636 g/mol. The van der Waals surface area contributed by atoms with Gasteiger partial charge in [-0.3, -0.25) is 14.2 Å². The molecule has 1 aliphatic carbocycles. The van der Waals surface area contributed by atoms with Crippen molar-refractivity contribution in [3.8, 4) is 16.8 Å². The van der Waals surface area contributed by atoms with Crippen LogP contribution < -0.4 is 21.9 Å². The fourth-order valence-corrected chi connectivity index (χ4v) is 6.41. The number of imidazole rings is 1. The predicted molar refractivity (Wildman–Crippen MR) is 176 cm³/mol. The molecule has 2 amide bonds. The van der Waals surface area contributed by atoms with Crippen LogP contribution >= 0.6 is 0 Å². The van der Waals surface area contributed by atoms with Gasteiger partial charge in [0, 0.05) is 31.0 Å². The maximum absolute atomic E-state index is 14.5. The summed E-state index contributed by atoms with van der Waals surface area (Å²) in [7, 11) is 0. The average Bonchev–Trinajstić information content (AvgIpc) is 3.52. The van der Waals surface area contributed by atoms with Gasteiger partial charge in [-0.15, -0.1) is 0 Å². The van der Waals surface area contributed by atoms with E-state index in [2.05, 4.69) is 20.6 Å². The molecule has 1 saturated carbocycles. The van der Waals surface area contributed by atoms with Crippen molar-refractivity contribution < 1.29 is 23.5 Å². The number of hydrogen-bond acceptors (Lipinski definition) is 6. The van der Waals surface area contributed by atoms with E-state index in [1.807, 2.05) is 18.2 Å². The highest BCUT2D eigenvalue weighted by atomic mass is 19.1. The van der Waals surface area contributed by atoms with Crippen LogP contribution in [-0.4, -0.2) is 46.7 Å². The topological polar surface area (TPSA) is 153 Å². The summed E-state index contributed by atoms with van der Waals surface area (Å²) in [5, 5.41) is 14.2. The van der Waals surface area contributed by atoms with Crippen LogP contribution in [0.3, 0.4) is 0 Å². The van der Waals surface area contributed by atoms with E-state index in [-0.39, 0.29) is 29.3 Å². The predicted octanol–water partition coefficient (Wildman–Crippen LogP) is 4.82.